The van der Waals surface area contributed by atoms with Crippen LogP contribution in [0.4, 0.5) is 0 Å². The topological polar surface area (TPSA) is 15.3 Å². The molecule has 1 heterocycles. The molecule has 1 rings (SSSR count). The summed E-state index contributed by atoms with van der Waals surface area (Å²) in [4.78, 5) is 2.56. The Hall–Kier alpha value is -0.0800. The maximum absolute atomic E-state index is 3.36. The van der Waals surface area contributed by atoms with Gasteiger partial charge in [-0.05, 0) is 13.0 Å². The van der Waals surface area contributed by atoms with Crippen molar-refractivity contribution in [3.05, 3.63) is 0 Å². The van der Waals surface area contributed by atoms with Gasteiger partial charge in [0.05, 0.1) is 0 Å². The lowest BCUT2D eigenvalue weighted by molar-refractivity contribution is 0.236. The third-order valence-electron chi connectivity index (χ3n) is 2.29. The fourth-order valence-corrected chi connectivity index (χ4v) is 1.52. The lowest BCUT2D eigenvalue weighted by Crippen LogP contribution is -2.43. The van der Waals surface area contributed by atoms with Crippen LogP contribution in [0.3, 0.4) is 0 Å². The van der Waals surface area contributed by atoms with E-state index in [-0.39, 0.29) is 0 Å². The van der Waals surface area contributed by atoms with Gasteiger partial charge < -0.3 is 10.2 Å². The first-order chi connectivity index (χ1) is 5.43. The van der Waals surface area contributed by atoms with Crippen molar-refractivity contribution in [1.29, 1.82) is 0 Å². The van der Waals surface area contributed by atoms with Gasteiger partial charge in [-0.2, -0.15) is 0 Å². The summed E-state index contributed by atoms with van der Waals surface area (Å²) < 4.78 is 0. The monoisotopic (exact) mass is 156 g/mol. The van der Waals surface area contributed by atoms with E-state index in [1.54, 1.807) is 0 Å². The van der Waals surface area contributed by atoms with Crippen LogP contribution in [-0.2, 0) is 0 Å². The average Bonchev–Trinajstić information content (AvgIpc) is 2.07. The highest BCUT2D eigenvalue weighted by Crippen LogP contribution is 1.98. The summed E-state index contributed by atoms with van der Waals surface area (Å²) in [6.45, 7) is 8.46. The molecule has 0 amide bonds. The van der Waals surface area contributed by atoms with Gasteiger partial charge in [-0.15, -0.1) is 0 Å². The van der Waals surface area contributed by atoms with Gasteiger partial charge in [0.15, 0.2) is 0 Å². The first-order valence-electron chi connectivity index (χ1n) is 4.86. The van der Waals surface area contributed by atoms with Gasteiger partial charge in [0.1, 0.15) is 0 Å². The molecule has 11 heavy (non-hydrogen) atoms. The van der Waals surface area contributed by atoms with Crippen LogP contribution in [-0.4, -0.2) is 37.6 Å². The lowest BCUT2D eigenvalue weighted by atomic mass is 10.2. The van der Waals surface area contributed by atoms with Crippen molar-refractivity contribution in [2.75, 3.05) is 32.7 Å². The Morgan fingerprint density at radius 1 is 1.18 bits per heavy atom. The second-order valence-electron chi connectivity index (χ2n) is 3.30. The largest absolute Gasteiger partial charge is 0.314 e. The van der Waals surface area contributed by atoms with E-state index in [0.29, 0.717) is 0 Å². The molecule has 1 fully saturated rings. The summed E-state index contributed by atoms with van der Waals surface area (Å²) in [5.41, 5.74) is 0. The van der Waals surface area contributed by atoms with E-state index in [9.17, 15) is 0 Å². The van der Waals surface area contributed by atoms with E-state index < -0.39 is 0 Å². The molecule has 0 aromatic rings. The summed E-state index contributed by atoms with van der Waals surface area (Å²) in [6, 6.07) is 0. The first kappa shape index (κ1) is 9.01. The summed E-state index contributed by atoms with van der Waals surface area (Å²) in [7, 11) is 0. The highest BCUT2D eigenvalue weighted by Gasteiger charge is 2.07. The predicted octanol–water partition coefficient (Wildman–Crippen LogP) is 1.08. The van der Waals surface area contributed by atoms with Crippen molar-refractivity contribution in [2.45, 2.75) is 26.2 Å². The van der Waals surface area contributed by atoms with Crippen molar-refractivity contribution >= 4 is 0 Å². The minimum atomic E-state index is 1.19. The second kappa shape index (κ2) is 5.56. The van der Waals surface area contributed by atoms with Crippen LogP contribution in [0.2, 0.25) is 0 Å². The standard InChI is InChI=1S/C9H20N2/c1-2-3-4-7-11-8-5-10-6-9-11/h10H,2-9H2,1H3. The van der Waals surface area contributed by atoms with E-state index in [0.717, 1.165) is 0 Å². The zero-order valence-corrected chi connectivity index (χ0v) is 7.60. The van der Waals surface area contributed by atoms with Crippen molar-refractivity contribution in [3.8, 4) is 0 Å². The molecule has 0 aromatic heterocycles. The number of rotatable bonds is 4. The molecule has 0 aromatic carbocycles. The Balaban J connectivity index is 1.96. The molecule has 2 nitrogen and oxygen atoms in total. The van der Waals surface area contributed by atoms with Crippen molar-refractivity contribution in [1.82, 2.24) is 10.2 Å². The van der Waals surface area contributed by atoms with Crippen molar-refractivity contribution < 1.29 is 0 Å². The normalized spacial score (nSPS) is 20.5. The predicted molar refractivity (Wildman–Crippen MR) is 48.8 cm³/mol. The Morgan fingerprint density at radius 2 is 1.91 bits per heavy atom. The smallest absolute Gasteiger partial charge is 0.0107 e. The third-order valence-corrected chi connectivity index (χ3v) is 2.29. The molecular formula is C9H20N2. The van der Waals surface area contributed by atoms with E-state index >= 15 is 0 Å². The average molecular weight is 156 g/mol. The fourth-order valence-electron chi connectivity index (χ4n) is 1.52. The van der Waals surface area contributed by atoms with Gasteiger partial charge in [-0.1, -0.05) is 19.8 Å². The van der Waals surface area contributed by atoms with Gasteiger partial charge in [0.25, 0.3) is 0 Å². The molecule has 1 aliphatic heterocycles. The zero-order valence-electron chi connectivity index (χ0n) is 7.60. The van der Waals surface area contributed by atoms with Gasteiger partial charge in [-0.3, -0.25) is 0 Å². The molecule has 66 valence electrons. The quantitative estimate of drug-likeness (QED) is 0.613. The molecule has 0 bridgehead atoms. The lowest BCUT2D eigenvalue weighted by Gasteiger charge is -2.26. The van der Waals surface area contributed by atoms with Gasteiger partial charge in [0, 0.05) is 26.2 Å². The molecule has 0 spiro atoms. The van der Waals surface area contributed by atoms with Crippen LogP contribution < -0.4 is 5.32 Å². The summed E-state index contributed by atoms with van der Waals surface area (Å²) in [5, 5.41) is 3.36. The minimum Gasteiger partial charge on any atom is -0.314 e. The molecule has 1 saturated heterocycles. The Morgan fingerprint density at radius 3 is 2.55 bits per heavy atom. The third kappa shape index (κ3) is 3.73. The molecule has 0 atom stereocenters. The van der Waals surface area contributed by atoms with Gasteiger partial charge >= 0.3 is 0 Å². The maximum atomic E-state index is 3.36. The number of nitrogens with one attached hydrogen (secondary N) is 1. The Labute approximate surface area is 70.0 Å². The van der Waals surface area contributed by atoms with Crippen molar-refractivity contribution in [3.63, 3.8) is 0 Å². The summed E-state index contributed by atoms with van der Waals surface area (Å²) in [5.74, 6) is 0. The molecule has 2 heteroatoms. The van der Waals surface area contributed by atoms with Crippen LogP contribution in [0.15, 0.2) is 0 Å². The van der Waals surface area contributed by atoms with Crippen LogP contribution in [0.1, 0.15) is 26.2 Å². The van der Waals surface area contributed by atoms with E-state index in [2.05, 4.69) is 17.1 Å². The maximum Gasteiger partial charge on any atom is 0.0107 e. The van der Waals surface area contributed by atoms with Gasteiger partial charge in [-0.25, -0.2) is 0 Å². The summed E-state index contributed by atoms with van der Waals surface area (Å²) in [6.07, 6.45) is 4.12. The molecule has 0 saturated carbocycles. The van der Waals surface area contributed by atoms with E-state index in [1.807, 2.05) is 0 Å². The number of hydrogen-bond acceptors (Lipinski definition) is 2. The van der Waals surface area contributed by atoms with Gasteiger partial charge in [0.2, 0.25) is 0 Å². The molecule has 0 radical (unpaired) electrons. The van der Waals surface area contributed by atoms with Crippen LogP contribution >= 0.6 is 0 Å². The Kier molecular flexibility index (Phi) is 4.55. The highest BCUT2D eigenvalue weighted by atomic mass is 15.2. The zero-order chi connectivity index (χ0) is 7.94. The minimum absolute atomic E-state index is 1.19. The highest BCUT2D eigenvalue weighted by molar-refractivity contribution is 4.66. The van der Waals surface area contributed by atoms with E-state index in [4.69, 9.17) is 0 Å². The number of piperazine rings is 1. The van der Waals surface area contributed by atoms with Crippen molar-refractivity contribution in [2.24, 2.45) is 0 Å². The van der Waals surface area contributed by atoms with Crippen LogP contribution in [0.25, 0.3) is 0 Å². The second-order valence-corrected chi connectivity index (χ2v) is 3.30. The fraction of sp³-hybridized carbons (Fsp3) is 1.00. The summed E-state index contributed by atoms with van der Waals surface area (Å²) >= 11 is 0. The molecule has 1 N–H and O–H groups in total. The Bertz CT molecular complexity index is 87.6. The number of hydrogen-bond donors (Lipinski definition) is 1. The van der Waals surface area contributed by atoms with Crippen LogP contribution in [0.5, 0.6) is 0 Å². The first-order valence-corrected chi connectivity index (χ1v) is 4.86. The SMILES string of the molecule is CCCCCN1CCNCC1. The van der Waals surface area contributed by atoms with E-state index in [1.165, 1.54) is 52.0 Å². The van der Waals surface area contributed by atoms with Crippen LogP contribution in [0, 0.1) is 0 Å². The molecule has 0 unspecified atom stereocenters. The molecule has 1 aliphatic rings. The number of nitrogens with zero attached hydrogens (tertiary/aromatic N) is 1. The number of unbranched alkanes of at least 4 members (excludes halogenated alkanes) is 2. The molecular weight excluding hydrogens is 136 g/mol. The molecule has 0 aliphatic carbocycles.